The summed E-state index contributed by atoms with van der Waals surface area (Å²) in [7, 11) is -9.93. The van der Waals surface area contributed by atoms with E-state index in [0.717, 1.165) is 102 Å². The molecule has 0 bridgehead atoms. The third kappa shape index (κ3) is 76.8. The highest BCUT2D eigenvalue weighted by atomic mass is 31.2. The maximum Gasteiger partial charge on any atom is 0.472 e. The van der Waals surface area contributed by atoms with E-state index in [9.17, 15) is 43.2 Å². The zero-order chi connectivity index (χ0) is 76.4. The first-order valence-electron chi connectivity index (χ1n) is 44.0. The van der Waals surface area contributed by atoms with E-state index >= 15 is 0 Å². The fourth-order valence-electron chi connectivity index (χ4n) is 13.2. The number of esters is 4. The Morgan fingerprint density at radius 3 is 0.731 bits per heavy atom. The molecule has 0 spiro atoms. The molecule has 0 aromatic carbocycles. The number of ether oxygens (including phenoxy) is 4. The van der Waals surface area contributed by atoms with Crippen molar-refractivity contribution in [3.63, 3.8) is 0 Å². The van der Waals surface area contributed by atoms with Crippen molar-refractivity contribution in [2.75, 3.05) is 39.6 Å². The predicted molar refractivity (Wildman–Crippen MR) is 428 cm³/mol. The van der Waals surface area contributed by atoms with E-state index in [-0.39, 0.29) is 25.7 Å². The summed E-state index contributed by atoms with van der Waals surface area (Å²) in [6.07, 6.45) is 68.2. The summed E-state index contributed by atoms with van der Waals surface area (Å²) in [6, 6.07) is 0. The number of hydrogen-bond donors (Lipinski definition) is 3. The van der Waals surface area contributed by atoms with Crippen LogP contribution in [0, 0.1) is 11.8 Å². The second kappa shape index (κ2) is 76.4. The highest BCUT2D eigenvalue weighted by Gasteiger charge is 2.30. The summed E-state index contributed by atoms with van der Waals surface area (Å²) in [5.74, 6) is -0.592. The van der Waals surface area contributed by atoms with Gasteiger partial charge in [-0.1, -0.05) is 401 Å². The van der Waals surface area contributed by atoms with Gasteiger partial charge in [0.05, 0.1) is 26.4 Å². The molecule has 0 rings (SSSR count). The number of unbranched alkanes of at least 4 members (excludes halogenated alkanes) is 53. The van der Waals surface area contributed by atoms with E-state index < -0.39 is 97.5 Å². The number of hydrogen-bond acceptors (Lipinski definition) is 15. The van der Waals surface area contributed by atoms with Gasteiger partial charge in [0.15, 0.2) is 12.2 Å². The Bertz CT molecular complexity index is 2000. The van der Waals surface area contributed by atoms with Crippen molar-refractivity contribution >= 4 is 39.5 Å². The summed E-state index contributed by atoms with van der Waals surface area (Å²) >= 11 is 0. The molecule has 6 atom stereocenters. The molecule has 0 aliphatic carbocycles. The molecule has 0 amide bonds. The minimum atomic E-state index is -4.97. The van der Waals surface area contributed by atoms with Crippen LogP contribution >= 0.6 is 15.6 Å². The van der Waals surface area contributed by atoms with Gasteiger partial charge in [0.25, 0.3) is 0 Å². The molecule has 0 saturated carbocycles. The highest BCUT2D eigenvalue weighted by molar-refractivity contribution is 7.47. The lowest BCUT2D eigenvalue weighted by Crippen LogP contribution is -2.30. The third-order valence-electron chi connectivity index (χ3n) is 20.3. The Balaban J connectivity index is 5.23. The molecule has 0 aliphatic heterocycles. The molecule has 0 fully saturated rings. The maximum atomic E-state index is 13.1. The Kier molecular flexibility index (Phi) is 75.0. The van der Waals surface area contributed by atoms with Gasteiger partial charge in [0, 0.05) is 25.7 Å². The Labute approximate surface area is 638 Å². The van der Waals surface area contributed by atoms with Crippen LogP contribution in [0.15, 0.2) is 0 Å². The summed E-state index contributed by atoms with van der Waals surface area (Å²) < 4.78 is 68.8. The first-order chi connectivity index (χ1) is 50.4. The minimum absolute atomic E-state index is 0.105. The highest BCUT2D eigenvalue weighted by Crippen LogP contribution is 2.45. The minimum Gasteiger partial charge on any atom is -0.462 e. The van der Waals surface area contributed by atoms with Crippen LogP contribution in [0.4, 0.5) is 0 Å². The van der Waals surface area contributed by atoms with Crippen LogP contribution in [0.5, 0.6) is 0 Å². The molecule has 0 aromatic rings. The van der Waals surface area contributed by atoms with Crippen LogP contribution in [0.25, 0.3) is 0 Å². The summed E-state index contributed by atoms with van der Waals surface area (Å²) in [5, 5.41) is 10.7. The van der Waals surface area contributed by atoms with Crippen molar-refractivity contribution in [1.29, 1.82) is 0 Å². The zero-order valence-electron chi connectivity index (χ0n) is 68.3. The number of aliphatic hydroxyl groups excluding tert-OH is 1. The van der Waals surface area contributed by atoms with E-state index in [0.29, 0.717) is 25.7 Å². The van der Waals surface area contributed by atoms with Gasteiger partial charge in [-0.2, -0.15) is 0 Å². The maximum absolute atomic E-state index is 13.1. The number of phosphoric ester groups is 2. The average molecular weight is 1520 g/mol. The number of phosphoric acid groups is 2. The average Bonchev–Trinajstić information content (AvgIpc) is 0.929. The second-order valence-corrected chi connectivity index (χ2v) is 34.2. The van der Waals surface area contributed by atoms with Crippen molar-refractivity contribution < 1.29 is 80.2 Å². The van der Waals surface area contributed by atoms with Gasteiger partial charge in [0.2, 0.25) is 0 Å². The van der Waals surface area contributed by atoms with Crippen LogP contribution in [0.1, 0.15) is 452 Å². The molecule has 17 nitrogen and oxygen atoms in total. The van der Waals surface area contributed by atoms with Crippen LogP contribution in [0.2, 0.25) is 0 Å². The smallest absolute Gasteiger partial charge is 0.462 e. The summed E-state index contributed by atoms with van der Waals surface area (Å²) in [4.78, 5) is 73.2. The Morgan fingerprint density at radius 1 is 0.279 bits per heavy atom. The molecular weight excluding hydrogens is 1350 g/mol. The fourth-order valence-corrected chi connectivity index (χ4v) is 14.8. The standard InChI is InChI=1S/C85H166O17P2/c1-7-10-12-14-16-18-20-22-24-26-28-29-31-33-35-37-39-43-51-57-63-69-84(89)101-80(73-95-82(87)67-61-55-49-42-38-36-34-32-30-27-25-23-21-19-17-15-13-11-8-2)75-99-103(91,92)97-71-79(86)72-98-104(93,94)100-76-81(102-85(90)70-64-58-52-44-40-41-47-53-59-65-77(4)5)74-96-83(88)68-62-56-50-46-45-48-54-60-66-78(6)9-3/h77-81,86H,7-76H2,1-6H3,(H,91,92)(H,93,94)/t78?,79-,80-,81-/m1/s1. The van der Waals surface area contributed by atoms with Crippen molar-refractivity contribution in [2.24, 2.45) is 11.8 Å². The van der Waals surface area contributed by atoms with Gasteiger partial charge in [-0.05, 0) is 37.5 Å². The first kappa shape index (κ1) is 102. The predicted octanol–water partition coefficient (Wildman–Crippen LogP) is 25.8. The van der Waals surface area contributed by atoms with Gasteiger partial charge in [-0.25, -0.2) is 9.13 Å². The van der Waals surface area contributed by atoms with Crippen molar-refractivity contribution in [3.05, 3.63) is 0 Å². The molecule has 104 heavy (non-hydrogen) atoms. The second-order valence-electron chi connectivity index (χ2n) is 31.3. The summed E-state index contributed by atoms with van der Waals surface area (Å²) in [5.41, 5.74) is 0. The molecule has 3 N–H and O–H groups in total. The first-order valence-corrected chi connectivity index (χ1v) is 47.0. The van der Waals surface area contributed by atoms with Crippen LogP contribution in [-0.4, -0.2) is 96.7 Å². The van der Waals surface area contributed by atoms with Crippen molar-refractivity contribution in [2.45, 2.75) is 471 Å². The van der Waals surface area contributed by atoms with Gasteiger partial charge in [0.1, 0.15) is 19.3 Å². The largest absolute Gasteiger partial charge is 0.472 e. The number of aliphatic hydroxyl groups is 1. The van der Waals surface area contributed by atoms with E-state index in [1.165, 1.54) is 270 Å². The van der Waals surface area contributed by atoms with Gasteiger partial charge in [-0.3, -0.25) is 37.3 Å². The van der Waals surface area contributed by atoms with E-state index in [4.69, 9.17) is 37.0 Å². The van der Waals surface area contributed by atoms with Gasteiger partial charge >= 0.3 is 39.5 Å². The van der Waals surface area contributed by atoms with Crippen LogP contribution < -0.4 is 0 Å². The topological polar surface area (TPSA) is 237 Å². The van der Waals surface area contributed by atoms with Crippen LogP contribution in [-0.2, 0) is 65.4 Å². The van der Waals surface area contributed by atoms with Gasteiger partial charge < -0.3 is 33.8 Å². The Morgan fingerprint density at radius 2 is 0.490 bits per heavy atom. The van der Waals surface area contributed by atoms with Gasteiger partial charge in [-0.15, -0.1) is 0 Å². The lowest BCUT2D eigenvalue weighted by atomic mass is 9.99. The zero-order valence-corrected chi connectivity index (χ0v) is 70.1. The van der Waals surface area contributed by atoms with E-state index in [1.54, 1.807) is 0 Å². The number of rotatable bonds is 84. The molecule has 3 unspecified atom stereocenters. The molecule has 0 saturated heterocycles. The molecule has 0 aliphatic rings. The monoisotopic (exact) mass is 1520 g/mol. The van der Waals surface area contributed by atoms with Crippen molar-refractivity contribution in [1.82, 2.24) is 0 Å². The molecular formula is C85H166O17P2. The fraction of sp³-hybridized carbons (Fsp3) is 0.953. The molecule has 0 heterocycles. The molecule has 19 heteroatoms. The number of carbonyl (C=O) groups excluding carboxylic acids is 4. The van der Waals surface area contributed by atoms with Crippen LogP contribution in [0.3, 0.4) is 0 Å². The lowest BCUT2D eigenvalue weighted by molar-refractivity contribution is -0.161. The molecule has 618 valence electrons. The molecule has 0 radical (unpaired) electrons. The molecule has 0 aromatic heterocycles. The van der Waals surface area contributed by atoms with Crippen molar-refractivity contribution in [3.8, 4) is 0 Å². The normalized spacial score (nSPS) is 14.1. The SMILES string of the molecule is CCCCCCCCCCCCCCCCCCCCCCCC(=O)O[C@H](COC(=O)CCCCCCCCCCCCCCCCCCCCC)COP(=O)(O)OC[C@@H](O)COP(=O)(O)OC[C@@H](COC(=O)CCCCCCCCCCC(C)CC)OC(=O)CCCCCCCCCCCC(C)C. The third-order valence-corrected chi connectivity index (χ3v) is 22.2. The van der Waals surface area contributed by atoms with E-state index in [1.807, 2.05) is 0 Å². The van der Waals surface area contributed by atoms with E-state index in [2.05, 4.69) is 41.5 Å². The Hall–Kier alpha value is -1.94. The quantitative estimate of drug-likeness (QED) is 0.0222. The summed E-state index contributed by atoms with van der Waals surface area (Å²) in [6.45, 7) is 9.63. The number of carbonyl (C=O) groups is 4. The lowest BCUT2D eigenvalue weighted by Gasteiger charge is -2.21.